The van der Waals surface area contributed by atoms with Crippen molar-refractivity contribution in [1.82, 2.24) is 0 Å². The lowest BCUT2D eigenvalue weighted by atomic mass is 9.81. The highest BCUT2D eigenvalue weighted by molar-refractivity contribution is 5.76. The van der Waals surface area contributed by atoms with E-state index >= 15 is 0 Å². The summed E-state index contributed by atoms with van der Waals surface area (Å²) < 4.78 is 10.5. The Morgan fingerprint density at radius 3 is 1.80 bits per heavy atom. The molecular formula is C20H38O5. The first-order valence-corrected chi connectivity index (χ1v) is 9.86. The summed E-state index contributed by atoms with van der Waals surface area (Å²) in [5, 5.41) is 9.96. The molecule has 0 heterocycles. The SMILES string of the molecule is CCCC(CCC)C(=O)OCC(O)COC(=O)C(C)(CCC)CCC. The van der Waals surface area contributed by atoms with Gasteiger partial charge in [0, 0.05) is 0 Å². The zero-order valence-electron chi connectivity index (χ0n) is 16.8. The van der Waals surface area contributed by atoms with Gasteiger partial charge in [0.1, 0.15) is 19.3 Å². The van der Waals surface area contributed by atoms with E-state index in [2.05, 4.69) is 0 Å². The normalized spacial score (nSPS) is 12.9. The van der Waals surface area contributed by atoms with Gasteiger partial charge in [-0.05, 0) is 32.6 Å². The van der Waals surface area contributed by atoms with Gasteiger partial charge in [-0.1, -0.05) is 53.4 Å². The van der Waals surface area contributed by atoms with E-state index in [-0.39, 0.29) is 31.1 Å². The zero-order valence-corrected chi connectivity index (χ0v) is 16.8. The summed E-state index contributed by atoms with van der Waals surface area (Å²) in [6.45, 7) is 9.79. The van der Waals surface area contributed by atoms with E-state index in [1.807, 2.05) is 34.6 Å². The Morgan fingerprint density at radius 2 is 1.36 bits per heavy atom. The Labute approximate surface area is 153 Å². The second-order valence-electron chi connectivity index (χ2n) is 7.22. The van der Waals surface area contributed by atoms with Gasteiger partial charge in [0.2, 0.25) is 0 Å². The number of hydrogen-bond acceptors (Lipinski definition) is 5. The number of ether oxygens (including phenoxy) is 2. The smallest absolute Gasteiger partial charge is 0.311 e. The molecule has 1 atom stereocenters. The summed E-state index contributed by atoms with van der Waals surface area (Å²) in [6, 6.07) is 0. The second-order valence-corrected chi connectivity index (χ2v) is 7.22. The van der Waals surface area contributed by atoms with E-state index in [1.54, 1.807) is 0 Å². The Kier molecular flexibility index (Phi) is 12.6. The molecule has 0 aliphatic carbocycles. The van der Waals surface area contributed by atoms with Gasteiger partial charge in [0.25, 0.3) is 0 Å². The van der Waals surface area contributed by atoms with Gasteiger partial charge in [-0.25, -0.2) is 0 Å². The van der Waals surface area contributed by atoms with Crippen molar-refractivity contribution < 1.29 is 24.2 Å². The number of carbonyl (C=O) groups excluding carboxylic acids is 2. The Morgan fingerprint density at radius 1 is 0.880 bits per heavy atom. The highest BCUT2D eigenvalue weighted by Gasteiger charge is 2.33. The van der Waals surface area contributed by atoms with Gasteiger partial charge < -0.3 is 14.6 Å². The van der Waals surface area contributed by atoms with Crippen molar-refractivity contribution in [2.45, 2.75) is 92.1 Å². The fraction of sp³-hybridized carbons (Fsp3) is 0.900. The number of carbonyl (C=O) groups is 2. The number of hydrogen-bond donors (Lipinski definition) is 1. The minimum Gasteiger partial charge on any atom is -0.463 e. The maximum atomic E-state index is 12.3. The Bertz CT molecular complexity index is 368. The van der Waals surface area contributed by atoms with Crippen molar-refractivity contribution >= 4 is 11.9 Å². The van der Waals surface area contributed by atoms with Crippen LogP contribution in [0.3, 0.4) is 0 Å². The Balaban J connectivity index is 4.35. The van der Waals surface area contributed by atoms with Crippen LogP contribution >= 0.6 is 0 Å². The average molecular weight is 359 g/mol. The van der Waals surface area contributed by atoms with E-state index in [0.29, 0.717) is 0 Å². The Hall–Kier alpha value is -1.10. The summed E-state index contributed by atoms with van der Waals surface area (Å²) in [6.07, 6.45) is 5.80. The molecule has 1 N–H and O–H groups in total. The summed E-state index contributed by atoms with van der Waals surface area (Å²) in [5.41, 5.74) is -0.507. The maximum absolute atomic E-state index is 12.3. The van der Waals surface area contributed by atoms with E-state index in [9.17, 15) is 14.7 Å². The van der Waals surface area contributed by atoms with Crippen LogP contribution in [0.15, 0.2) is 0 Å². The standard InChI is InChI=1S/C20H38O5/c1-6-10-16(11-7-2)18(22)24-14-17(21)15-25-19(23)20(5,12-8-3)13-9-4/h16-17,21H,6-15H2,1-5H3. The minimum atomic E-state index is -0.982. The zero-order chi connectivity index (χ0) is 19.3. The number of aliphatic hydroxyl groups is 1. The summed E-state index contributed by atoms with van der Waals surface area (Å²) >= 11 is 0. The molecule has 148 valence electrons. The molecule has 0 amide bonds. The van der Waals surface area contributed by atoms with Crippen LogP contribution < -0.4 is 0 Å². The molecular weight excluding hydrogens is 320 g/mol. The van der Waals surface area contributed by atoms with Crippen molar-refractivity contribution in [3.63, 3.8) is 0 Å². The van der Waals surface area contributed by atoms with Crippen molar-refractivity contribution in [1.29, 1.82) is 0 Å². The molecule has 0 saturated carbocycles. The average Bonchev–Trinajstić information content (AvgIpc) is 2.57. The van der Waals surface area contributed by atoms with E-state index < -0.39 is 11.5 Å². The van der Waals surface area contributed by atoms with E-state index in [1.165, 1.54) is 0 Å². The fourth-order valence-corrected chi connectivity index (χ4v) is 3.20. The van der Waals surface area contributed by atoms with E-state index in [0.717, 1.165) is 51.4 Å². The minimum absolute atomic E-state index is 0.109. The van der Waals surface area contributed by atoms with Crippen molar-refractivity contribution in [3.05, 3.63) is 0 Å². The molecule has 25 heavy (non-hydrogen) atoms. The first-order chi connectivity index (χ1) is 11.8. The molecule has 0 saturated heterocycles. The van der Waals surface area contributed by atoms with Crippen LogP contribution in [0.1, 0.15) is 86.0 Å². The molecule has 0 aromatic rings. The van der Waals surface area contributed by atoms with Crippen LogP contribution in [0.2, 0.25) is 0 Å². The topological polar surface area (TPSA) is 72.8 Å². The van der Waals surface area contributed by atoms with E-state index in [4.69, 9.17) is 9.47 Å². The maximum Gasteiger partial charge on any atom is 0.311 e. The molecule has 0 aromatic heterocycles. The number of esters is 2. The van der Waals surface area contributed by atoms with Gasteiger partial charge in [-0.2, -0.15) is 0 Å². The van der Waals surface area contributed by atoms with Crippen LogP contribution in [0.5, 0.6) is 0 Å². The third-order valence-electron chi connectivity index (χ3n) is 4.53. The molecule has 0 rings (SSSR count). The first-order valence-electron chi connectivity index (χ1n) is 9.86. The van der Waals surface area contributed by atoms with Crippen LogP contribution in [-0.2, 0) is 19.1 Å². The molecule has 0 aliphatic rings. The third kappa shape index (κ3) is 9.24. The fourth-order valence-electron chi connectivity index (χ4n) is 3.20. The first kappa shape index (κ1) is 23.9. The second kappa shape index (κ2) is 13.2. The third-order valence-corrected chi connectivity index (χ3v) is 4.53. The molecule has 1 unspecified atom stereocenters. The highest BCUT2D eigenvalue weighted by Crippen LogP contribution is 2.30. The van der Waals surface area contributed by atoms with Gasteiger partial charge in [0.15, 0.2) is 0 Å². The lowest BCUT2D eigenvalue weighted by Gasteiger charge is -2.27. The lowest BCUT2D eigenvalue weighted by Crippen LogP contribution is -2.34. The van der Waals surface area contributed by atoms with Crippen LogP contribution in [0.4, 0.5) is 0 Å². The van der Waals surface area contributed by atoms with Crippen LogP contribution in [0, 0.1) is 11.3 Å². The molecule has 0 bridgehead atoms. The predicted octanol–water partition coefficient (Wildman–Crippen LogP) is 4.26. The van der Waals surface area contributed by atoms with Gasteiger partial charge in [-0.3, -0.25) is 9.59 Å². The quantitative estimate of drug-likeness (QED) is 0.470. The van der Waals surface area contributed by atoms with Gasteiger partial charge >= 0.3 is 11.9 Å². The van der Waals surface area contributed by atoms with Gasteiger partial charge in [0.05, 0.1) is 11.3 Å². The number of rotatable bonds is 14. The number of aliphatic hydroxyl groups excluding tert-OH is 1. The van der Waals surface area contributed by atoms with Crippen molar-refractivity contribution in [2.24, 2.45) is 11.3 Å². The monoisotopic (exact) mass is 358 g/mol. The molecule has 5 heteroatoms. The molecule has 0 aromatic carbocycles. The molecule has 0 spiro atoms. The predicted molar refractivity (Wildman–Crippen MR) is 99.2 cm³/mol. The summed E-state index contributed by atoms with van der Waals surface area (Å²) in [4.78, 5) is 24.4. The van der Waals surface area contributed by atoms with Crippen LogP contribution in [0.25, 0.3) is 0 Å². The molecule has 0 fully saturated rings. The van der Waals surface area contributed by atoms with Gasteiger partial charge in [-0.15, -0.1) is 0 Å². The summed E-state index contributed by atoms with van der Waals surface area (Å²) in [7, 11) is 0. The van der Waals surface area contributed by atoms with Crippen LogP contribution in [-0.4, -0.2) is 36.4 Å². The van der Waals surface area contributed by atoms with Crippen molar-refractivity contribution in [3.8, 4) is 0 Å². The summed E-state index contributed by atoms with van der Waals surface area (Å²) in [5.74, 6) is -0.658. The lowest BCUT2D eigenvalue weighted by molar-refractivity contribution is -0.162. The van der Waals surface area contributed by atoms with Crippen molar-refractivity contribution in [2.75, 3.05) is 13.2 Å². The largest absolute Gasteiger partial charge is 0.463 e. The molecule has 5 nitrogen and oxygen atoms in total. The highest BCUT2D eigenvalue weighted by atomic mass is 16.6. The molecule has 0 radical (unpaired) electrons. The molecule has 0 aliphatic heterocycles.